The standard InChI is InChI=1S/C20H18N4O5S/c1-12-4-6-14(7-5-12)30(27,28)24-20(26)23-19-21-11-15-16(22-19)9-13(10-17(15)25)18-3-2-8-29-18/h2-8,11,13H,9-10H2,1H3,(H2,21,22,23,24,26)/t13-/m1/s1. The molecule has 2 amide bonds. The fourth-order valence-corrected chi connectivity index (χ4v) is 4.16. The van der Waals surface area contributed by atoms with Crippen molar-refractivity contribution in [2.45, 2.75) is 30.6 Å². The summed E-state index contributed by atoms with van der Waals surface area (Å²) in [5.74, 6) is 0.316. The Balaban J connectivity index is 1.49. The molecule has 0 fully saturated rings. The average Bonchev–Trinajstić information content (AvgIpc) is 3.22. The van der Waals surface area contributed by atoms with Crippen LogP contribution in [0.15, 0.2) is 58.2 Å². The second-order valence-electron chi connectivity index (χ2n) is 6.97. The van der Waals surface area contributed by atoms with Crippen LogP contribution in [-0.4, -0.2) is 30.2 Å². The van der Waals surface area contributed by atoms with Gasteiger partial charge in [0.15, 0.2) is 5.78 Å². The summed E-state index contributed by atoms with van der Waals surface area (Å²) in [5, 5.41) is 2.31. The predicted molar refractivity (Wildman–Crippen MR) is 107 cm³/mol. The SMILES string of the molecule is Cc1ccc(S(=O)(=O)NC(=O)Nc2ncc3c(n2)C[C@@H](c2ccco2)CC3=O)cc1. The molecule has 4 rings (SSSR count). The van der Waals surface area contributed by atoms with Crippen LogP contribution in [0, 0.1) is 6.92 Å². The summed E-state index contributed by atoms with van der Waals surface area (Å²) < 4.78 is 32.0. The Hall–Kier alpha value is -3.53. The van der Waals surface area contributed by atoms with E-state index >= 15 is 0 Å². The first-order valence-corrected chi connectivity index (χ1v) is 10.6. The normalized spacial score (nSPS) is 16.0. The molecule has 0 saturated carbocycles. The number of carbonyl (C=O) groups is 2. The van der Waals surface area contributed by atoms with Crippen molar-refractivity contribution >= 4 is 27.8 Å². The largest absolute Gasteiger partial charge is 0.469 e. The number of aryl methyl sites for hydroxylation is 1. The van der Waals surface area contributed by atoms with E-state index in [1.807, 2.05) is 11.6 Å². The maximum Gasteiger partial charge on any atom is 0.335 e. The van der Waals surface area contributed by atoms with Crippen molar-refractivity contribution in [3.63, 3.8) is 0 Å². The fraction of sp³-hybridized carbons (Fsp3) is 0.200. The molecule has 0 bridgehead atoms. The van der Waals surface area contributed by atoms with Crippen LogP contribution in [0.4, 0.5) is 10.7 Å². The highest BCUT2D eigenvalue weighted by atomic mass is 32.2. The molecule has 1 atom stereocenters. The van der Waals surface area contributed by atoms with Crippen molar-refractivity contribution < 1.29 is 22.4 Å². The highest BCUT2D eigenvalue weighted by molar-refractivity contribution is 7.90. The van der Waals surface area contributed by atoms with Gasteiger partial charge in [0.25, 0.3) is 10.0 Å². The minimum Gasteiger partial charge on any atom is -0.469 e. The second kappa shape index (κ2) is 7.71. The number of ketones is 1. The van der Waals surface area contributed by atoms with E-state index in [9.17, 15) is 18.0 Å². The van der Waals surface area contributed by atoms with Crippen LogP contribution in [0.2, 0.25) is 0 Å². The van der Waals surface area contributed by atoms with Crippen LogP contribution in [0.1, 0.15) is 39.7 Å². The van der Waals surface area contributed by atoms with Crippen LogP contribution in [0.25, 0.3) is 0 Å². The van der Waals surface area contributed by atoms with Gasteiger partial charge in [0.2, 0.25) is 5.95 Å². The Morgan fingerprint density at radius 1 is 1.17 bits per heavy atom. The Morgan fingerprint density at radius 2 is 1.93 bits per heavy atom. The monoisotopic (exact) mass is 426 g/mol. The van der Waals surface area contributed by atoms with E-state index in [-0.39, 0.29) is 29.0 Å². The lowest BCUT2D eigenvalue weighted by atomic mass is 9.85. The molecule has 2 heterocycles. The van der Waals surface area contributed by atoms with Gasteiger partial charge in [-0.2, -0.15) is 0 Å². The number of fused-ring (bicyclic) bond motifs is 1. The summed E-state index contributed by atoms with van der Waals surface area (Å²) >= 11 is 0. The third kappa shape index (κ3) is 4.08. The number of furan rings is 1. The lowest BCUT2D eigenvalue weighted by Gasteiger charge is -2.21. The minimum absolute atomic E-state index is 0.0403. The highest BCUT2D eigenvalue weighted by Crippen LogP contribution is 2.32. The molecule has 0 spiro atoms. The second-order valence-corrected chi connectivity index (χ2v) is 8.65. The number of amides is 2. The molecule has 9 nitrogen and oxygen atoms in total. The molecule has 10 heteroatoms. The Morgan fingerprint density at radius 3 is 2.63 bits per heavy atom. The fourth-order valence-electron chi connectivity index (χ4n) is 3.26. The van der Waals surface area contributed by atoms with Crippen LogP contribution in [0.3, 0.4) is 0 Å². The molecule has 0 radical (unpaired) electrons. The smallest absolute Gasteiger partial charge is 0.335 e. The van der Waals surface area contributed by atoms with Crippen LogP contribution in [-0.2, 0) is 16.4 Å². The summed E-state index contributed by atoms with van der Waals surface area (Å²) in [6.07, 6.45) is 3.61. The summed E-state index contributed by atoms with van der Waals surface area (Å²) in [7, 11) is -4.04. The Kier molecular flexibility index (Phi) is 5.08. The van der Waals surface area contributed by atoms with E-state index in [2.05, 4.69) is 15.3 Å². The maximum absolute atomic E-state index is 12.4. The molecule has 0 saturated heterocycles. The summed E-state index contributed by atoms with van der Waals surface area (Å²) in [6, 6.07) is 8.62. The Labute approximate surface area is 172 Å². The number of hydrogen-bond donors (Lipinski definition) is 2. The van der Waals surface area contributed by atoms with Crippen LogP contribution < -0.4 is 10.0 Å². The lowest BCUT2D eigenvalue weighted by Crippen LogP contribution is -2.35. The quantitative estimate of drug-likeness (QED) is 0.656. The molecule has 3 aromatic rings. The number of sulfonamides is 1. The molecule has 1 aliphatic carbocycles. The zero-order chi connectivity index (χ0) is 21.3. The number of benzene rings is 1. The lowest BCUT2D eigenvalue weighted by molar-refractivity contribution is 0.0958. The Bertz CT molecular complexity index is 1200. The van der Waals surface area contributed by atoms with E-state index in [4.69, 9.17) is 4.42 Å². The van der Waals surface area contributed by atoms with E-state index in [0.29, 0.717) is 23.4 Å². The molecule has 154 valence electrons. The van der Waals surface area contributed by atoms with Gasteiger partial charge in [0.05, 0.1) is 22.4 Å². The molecule has 1 aromatic carbocycles. The third-order valence-electron chi connectivity index (χ3n) is 4.77. The number of nitrogens with zero attached hydrogens (tertiary/aromatic N) is 2. The van der Waals surface area contributed by atoms with E-state index in [0.717, 1.165) is 5.56 Å². The minimum atomic E-state index is -4.04. The number of urea groups is 1. The first kappa shape index (κ1) is 19.8. The molecular formula is C20H18N4O5S. The van der Waals surface area contributed by atoms with Crippen LogP contribution >= 0.6 is 0 Å². The van der Waals surface area contributed by atoms with Crippen molar-refractivity contribution in [2.75, 3.05) is 5.32 Å². The first-order valence-electron chi connectivity index (χ1n) is 9.15. The molecule has 0 unspecified atom stereocenters. The summed E-state index contributed by atoms with van der Waals surface area (Å²) in [5.41, 5.74) is 1.75. The topological polar surface area (TPSA) is 131 Å². The molecule has 1 aliphatic rings. The molecule has 30 heavy (non-hydrogen) atoms. The van der Waals surface area contributed by atoms with Gasteiger partial charge < -0.3 is 4.42 Å². The maximum atomic E-state index is 12.4. The van der Waals surface area contributed by atoms with Gasteiger partial charge in [-0.1, -0.05) is 17.7 Å². The van der Waals surface area contributed by atoms with Crippen molar-refractivity contribution in [3.8, 4) is 0 Å². The summed E-state index contributed by atoms with van der Waals surface area (Å²) in [6.45, 7) is 1.82. The summed E-state index contributed by atoms with van der Waals surface area (Å²) in [4.78, 5) is 32.7. The highest BCUT2D eigenvalue weighted by Gasteiger charge is 2.30. The number of rotatable bonds is 4. The van der Waals surface area contributed by atoms with Gasteiger partial charge in [-0.25, -0.2) is 27.9 Å². The predicted octanol–water partition coefficient (Wildman–Crippen LogP) is 2.80. The number of nitrogens with one attached hydrogen (secondary N) is 2. The zero-order valence-electron chi connectivity index (χ0n) is 16.0. The molecule has 2 N–H and O–H groups in total. The number of hydrogen-bond acceptors (Lipinski definition) is 7. The number of aromatic nitrogens is 2. The number of anilines is 1. The van der Waals surface area contributed by atoms with E-state index < -0.39 is 16.1 Å². The number of Topliss-reactive ketones (excluding diaryl/α,β-unsaturated/α-hetero) is 1. The molecular weight excluding hydrogens is 408 g/mol. The third-order valence-corrected chi connectivity index (χ3v) is 6.12. The van der Waals surface area contributed by atoms with E-state index in [1.54, 1.807) is 30.5 Å². The zero-order valence-corrected chi connectivity index (χ0v) is 16.8. The van der Waals surface area contributed by atoms with Crippen LogP contribution in [0.5, 0.6) is 0 Å². The van der Waals surface area contributed by atoms with Gasteiger partial charge in [0, 0.05) is 25.0 Å². The van der Waals surface area contributed by atoms with Crippen molar-refractivity contribution in [1.29, 1.82) is 0 Å². The van der Waals surface area contributed by atoms with Gasteiger partial charge >= 0.3 is 6.03 Å². The van der Waals surface area contributed by atoms with Gasteiger partial charge in [-0.3, -0.25) is 10.1 Å². The average molecular weight is 426 g/mol. The first-order chi connectivity index (χ1) is 14.3. The number of carbonyl (C=O) groups excluding carboxylic acids is 2. The van der Waals surface area contributed by atoms with E-state index in [1.165, 1.54) is 18.3 Å². The molecule has 0 aliphatic heterocycles. The van der Waals surface area contributed by atoms with Gasteiger partial charge in [0.1, 0.15) is 5.76 Å². The van der Waals surface area contributed by atoms with Crippen molar-refractivity contribution in [2.24, 2.45) is 0 Å². The molecule has 2 aromatic heterocycles. The van der Waals surface area contributed by atoms with Crippen molar-refractivity contribution in [1.82, 2.24) is 14.7 Å². The van der Waals surface area contributed by atoms with Crippen molar-refractivity contribution in [3.05, 3.63) is 71.4 Å². The van der Waals surface area contributed by atoms with Gasteiger partial charge in [-0.05, 0) is 31.2 Å². The van der Waals surface area contributed by atoms with Gasteiger partial charge in [-0.15, -0.1) is 0 Å².